The van der Waals surface area contributed by atoms with Crippen molar-refractivity contribution in [2.75, 3.05) is 24.6 Å². The molecule has 0 spiro atoms. The molecule has 0 saturated carbocycles. The van der Waals surface area contributed by atoms with Crippen LogP contribution in [-0.2, 0) is 19.2 Å². The van der Waals surface area contributed by atoms with Gasteiger partial charge in [-0.15, -0.1) is 11.3 Å². The van der Waals surface area contributed by atoms with Gasteiger partial charge in [-0.3, -0.25) is 4.79 Å². The van der Waals surface area contributed by atoms with Gasteiger partial charge in [-0.2, -0.15) is 13.2 Å². The third-order valence-corrected chi connectivity index (χ3v) is 4.77. The first kappa shape index (κ1) is 17.5. The van der Waals surface area contributed by atoms with Crippen molar-refractivity contribution in [3.63, 3.8) is 0 Å². The summed E-state index contributed by atoms with van der Waals surface area (Å²) in [5.41, 5.74) is -1.95. The second-order valence-electron chi connectivity index (χ2n) is 5.40. The summed E-state index contributed by atoms with van der Waals surface area (Å²) in [5, 5.41) is 3.59. The maximum absolute atomic E-state index is 12.8. The maximum atomic E-state index is 12.8. The number of oxime groups is 1. The summed E-state index contributed by atoms with van der Waals surface area (Å²) >= 11 is 1.21. The number of carbonyl (C=O) groups is 2. The van der Waals surface area contributed by atoms with E-state index in [1.165, 1.54) is 11.3 Å². The SMILES string of the molecule is CCOC(=O)C1CN(c2ccc(C=C3C(=O)ON=C3C(F)(F)F)s2)C1. The number of halogens is 3. The molecule has 3 heterocycles. The molecule has 6 nitrogen and oxygen atoms in total. The summed E-state index contributed by atoms with van der Waals surface area (Å²) in [4.78, 5) is 29.5. The van der Waals surface area contributed by atoms with Crippen LogP contribution in [0.5, 0.6) is 0 Å². The molecule has 0 atom stereocenters. The van der Waals surface area contributed by atoms with Crippen LogP contribution in [0.1, 0.15) is 11.8 Å². The quantitative estimate of drug-likeness (QED) is 0.460. The molecule has 0 N–H and O–H groups in total. The first-order valence-corrected chi connectivity index (χ1v) is 8.21. The van der Waals surface area contributed by atoms with Gasteiger partial charge in [0.15, 0.2) is 5.71 Å². The van der Waals surface area contributed by atoms with Gasteiger partial charge in [0.05, 0.1) is 23.1 Å². The number of hydrogen-bond donors (Lipinski definition) is 0. The smallest absolute Gasteiger partial charge is 0.437 e. The Kier molecular flexibility index (Phi) is 4.55. The highest BCUT2D eigenvalue weighted by atomic mass is 32.1. The molecule has 0 radical (unpaired) electrons. The van der Waals surface area contributed by atoms with Crippen LogP contribution >= 0.6 is 11.3 Å². The van der Waals surface area contributed by atoms with Gasteiger partial charge >= 0.3 is 18.1 Å². The second kappa shape index (κ2) is 6.51. The van der Waals surface area contributed by atoms with Gasteiger partial charge in [-0.05, 0) is 25.1 Å². The van der Waals surface area contributed by atoms with Crippen molar-refractivity contribution in [1.29, 1.82) is 0 Å². The van der Waals surface area contributed by atoms with E-state index < -0.39 is 23.4 Å². The van der Waals surface area contributed by atoms with Gasteiger partial charge in [0.25, 0.3) is 0 Å². The van der Waals surface area contributed by atoms with Gasteiger partial charge in [-0.25, -0.2) is 4.79 Å². The minimum atomic E-state index is -4.76. The predicted molar refractivity (Wildman–Crippen MR) is 84.2 cm³/mol. The highest BCUT2D eigenvalue weighted by Gasteiger charge is 2.45. The first-order valence-electron chi connectivity index (χ1n) is 7.39. The van der Waals surface area contributed by atoms with E-state index in [1.807, 2.05) is 4.90 Å². The lowest BCUT2D eigenvalue weighted by Crippen LogP contribution is -2.50. The monoisotopic (exact) mass is 374 g/mol. The van der Waals surface area contributed by atoms with Crippen LogP contribution in [0.2, 0.25) is 0 Å². The number of esters is 1. The zero-order valence-corrected chi connectivity index (χ0v) is 13.8. The van der Waals surface area contributed by atoms with E-state index >= 15 is 0 Å². The number of alkyl halides is 3. The zero-order chi connectivity index (χ0) is 18.2. The lowest BCUT2D eigenvalue weighted by molar-refractivity contribution is -0.148. The van der Waals surface area contributed by atoms with Crippen LogP contribution in [0.3, 0.4) is 0 Å². The van der Waals surface area contributed by atoms with Crippen molar-refractivity contribution in [2.24, 2.45) is 11.1 Å². The molecular formula is C15H13F3N2O4S. The fourth-order valence-corrected chi connectivity index (χ4v) is 3.38. The molecule has 0 aromatic carbocycles. The van der Waals surface area contributed by atoms with Crippen LogP contribution in [-0.4, -0.2) is 43.5 Å². The average molecular weight is 374 g/mol. The number of anilines is 1. The third-order valence-electron chi connectivity index (χ3n) is 3.68. The third kappa shape index (κ3) is 3.53. The number of rotatable bonds is 4. The van der Waals surface area contributed by atoms with E-state index in [0.717, 1.165) is 11.1 Å². The van der Waals surface area contributed by atoms with Crippen molar-refractivity contribution in [1.82, 2.24) is 0 Å². The Morgan fingerprint density at radius 2 is 2.20 bits per heavy atom. The van der Waals surface area contributed by atoms with Gasteiger partial charge in [0, 0.05) is 18.0 Å². The van der Waals surface area contributed by atoms with E-state index in [2.05, 4.69) is 9.99 Å². The van der Waals surface area contributed by atoms with Crippen LogP contribution < -0.4 is 4.90 Å². The fraction of sp³-hybridized carbons (Fsp3) is 0.400. The number of thiophene rings is 1. The van der Waals surface area contributed by atoms with E-state index in [0.29, 0.717) is 24.6 Å². The predicted octanol–water partition coefficient (Wildman–Crippen LogP) is 2.61. The molecule has 25 heavy (non-hydrogen) atoms. The van der Waals surface area contributed by atoms with Gasteiger partial charge in [0.2, 0.25) is 0 Å². The van der Waals surface area contributed by atoms with Crippen molar-refractivity contribution in [3.8, 4) is 0 Å². The zero-order valence-electron chi connectivity index (χ0n) is 13.0. The van der Waals surface area contributed by atoms with Crippen molar-refractivity contribution >= 4 is 40.1 Å². The maximum Gasteiger partial charge on any atom is 0.437 e. The highest BCUT2D eigenvalue weighted by molar-refractivity contribution is 7.17. The van der Waals surface area contributed by atoms with E-state index in [9.17, 15) is 22.8 Å². The Morgan fingerprint density at radius 1 is 1.48 bits per heavy atom. The Hall–Kier alpha value is -2.36. The molecule has 10 heteroatoms. The molecule has 0 unspecified atom stereocenters. The number of hydrogen-bond acceptors (Lipinski definition) is 7. The summed E-state index contributed by atoms with van der Waals surface area (Å²) in [6.45, 7) is 3.05. The lowest BCUT2D eigenvalue weighted by Gasteiger charge is -2.38. The molecule has 1 aromatic heterocycles. The molecule has 3 rings (SSSR count). The summed E-state index contributed by atoms with van der Waals surface area (Å²) in [6, 6.07) is 3.33. The minimum absolute atomic E-state index is 0.197. The summed E-state index contributed by atoms with van der Waals surface area (Å²) < 4.78 is 43.4. The average Bonchev–Trinajstić information content (AvgIpc) is 3.06. The van der Waals surface area contributed by atoms with Crippen molar-refractivity contribution < 1.29 is 32.3 Å². The summed E-state index contributed by atoms with van der Waals surface area (Å²) in [7, 11) is 0. The van der Waals surface area contributed by atoms with Gasteiger partial charge < -0.3 is 14.5 Å². The molecular weight excluding hydrogens is 361 g/mol. The number of ether oxygens (including phenoxy) is 1. The molecule has 2 aliphatic heterocycles. The molecule has 1 fully saturated rings. The lowest BCUT2D eigenvalue weighted by atomic mass is 10.0. The summed E-state index contributed by atoms with van der Waals surface area (Å²) in [5.74, 6) is -1.58. The normalized spacial score (nSPS) is 19.7. The van der Waals surface area contributed by atoms with Gasteiger partial charge in [-0.1, -0.05) is 5.16 Å². The Labute approximate surface area is 144 Å². The Morgan fingerprint density at radius 3 is 2.84 bits per heavy atom. The van der Waals surface area contributed by atoms with E-state index in [4.69, 9.17) is 4.74 Å². The molecule has 2 aliphatic rings. The van der Waals surface area contributed by atoms with Crippen molar-refractivity contribution in [3.05, 3.63) is 22.6 Å². The van der Waals surface area contributed by atoms with E-state index in [1.54, 1.807) is 19.1 Å². The number of carbonyl (C=O) groups excluding carboxylic acids is 2. The molecule has 134 valence electrons. The molecule has 1 saturated heterocycles. The van der Waals surface area contributed by atoms with Gasteiger partial charge in [0.1, 0.15) is 0 Å². The molecule has 0 bridgehead atoms. The summed E-state index contributed by atoms with van der Waals surface area (Å²) in [6.07, 6.45) is -3.65. The van der Waals surface area contributed by atoms with Crippen LogP contribution in [0.25, 0.3) is 6.08 Å². The Bertz CT molecular complexity index is 763. The second-order valence-corrected chi connectivity index (χ2v) is 6.50. The van der Waals surface area contributed by atoms with Crippen LogP contribution in [0, 0.1) is 5.92 Å². The number of nitrogens with zero attached hydrogens (tertiary/aromatic N) is 2. The first-order chi connectivity index (χ1) is 11.8. The standard InChI is InChI=1S/C15H13F3N2O4S/c1-2-23-13(21)8-6-20(7-8)11-4-3-9(25-11)5-10-12(15(16,17)18)19-24-14(10)22/h3-5,8H,2,6-7H2,1H3. The minimum Gasteiger partial charge on any atom is -0.466 e. The Balaban J connectivity index is 1.70. The van der Waals surface area contributed by atoms with Crippen LogP contribution in [0.4, 0.5) is 18.2 Å². The largest absolute Gasteiger partial charge is 0.466 e. The molecule has 0 aliphatic carbocycles. The van der Waals surface area contributed by atoms with Crippen LogP contribution in [0.15, 0.2) is 22.9 Å². The topological polar surface area (TPSA) is 68.2 Å². The highest BCUT2D eigenvalue weighted by Crippen LogP contribution is 2.35. The van der Waals surface area contributed by atoms with E-state index in [-0.39, 0.29) is 11.9 Å². The molecule has 1 aromatic rings. The fourth-order valence-electron chi connectivity index (χ4n) is 2.41. The molecule has 0 amide bonds. The van der Waals surface area contributed by atoms with Crippen molar-refractivity contribution in [2.45, 2.75) is 13.1 Å².